The molecule has 1 atom stereocenters. The van der Waals surface area contributed by atoms with Crippen molar-refractivity contribution in [2.45, 2.75) is 13.0 Å². The molecule has 2 aromatic heterocycles. The Balaban J connectivity index is 1.56. The zero-order valence-electron chi connectivity index (χ0n) is 17.1. The number of piperazine rings is 1. The van der Waals surface area contributed by atoms with E-state index in [2.05, 4.69) is 4.98 Å². The Morgan fingerprint density at radius 2 is 1.88 bits per heavy atom. The lowest BCUT2D eigenvalue weighted by atomic mass is 10.1. The Kier molecular flexibility index (Phi) is 5.31. The van der Waals surface area contributed by atoms with E-state index in [0.717, 1.165) is 18.5 Å². The predicted molar refractivity (Wildman–Crippen MR) is 112 cm³/mol. The molecule has 1 aliphatic heterocycles. The lowest BCUT2D eigenvalue weighted by Gasteiger charge is -2.39. The molecule has 1 aliphatic rings. The van der Waals surface area contributed by atoms with Gasteiger partial charge in [0.15, 0.2) is 5.39 Å². The van der Waals surface area contributed by atoms with Crippen LogP contribution in [0.2, 0.25) is 0 Å². The molecule has 1 unspecified atom stereocenters. The molecule has 3 heterocycles. The van der Waals surface area contributed by atoms with Gasteiger partial charge in [0, 0.05) is 31.2 Å². The molecule has 164 valence electrons. The highest BCUT2D eigenvalue weighted by atomic mass is 16.6. The summed E-state index contributed by atoms with van der Waals surface area (Å²) in [4.78, 5) is 54.8. The minimum Gasteiger partial charge on any atom is -0.711 e. The zero-order chi connectivity index (χ0) is 23.0. The van der Waals surface area contributed by atoms with Crippen molar-refractivity contribution >= 4 is 34.3 Å². The fourth-order valence-corrected chi connectivity index (χ4v) is 3.93. The number of Topliss-reactive ketones (excluding diaryl/α,β-unsaturated/α-hetero) is 1. The highest BCUT2D eigenvalue weighted by molar-refractivity contribution is 6.45. The number of aromatic amines is 1. The molecule has 1 N–H and O–H groups in total. The number of fused-ring (bicyclic) bond motifs is 1. The van der Waals surface area contributed by atoms with Crippen molar-refractivity contribution in [2.75, 3.05) is 19.6 Å². The topological polar surface area (TPSA) is 144 Å². The first-order valence-electron chi connectivity index (χ1n) is 9.87. The summed E-state index contributed by atoms with van der Waals surface area (Å²) >= 11 is 0. The van der Waals surface area contributed by atoms with Crippen LogP contribution in [0.1, 0.15) is 27.6 Å². The number of aromatic nitrogens is 2. The van der Waals surface area contributed by atoms with E-state index in [4.69, 9.17) is 0 Å². The third-order valence-electron chi connectivity index (χ3n) is 5.54. The van der Waals surface area contributed by atoms with Gasteiger partial charge in [-0.2, -0.15) is 0 Å². The Hall–Kier alpha value is -4.28. The number of benzene rings is 1. The van der Waals surface area contributed by atoms with E-state index >= 15 is 0 Å². The van der Waals surface area contributed by atoms with Crippen LogP contribution in [-0.2, 0) is 4.79 Å². The van der Waals surface area contributed by atoms with E-state index in [0.29, 0.717) is 10.3 Å². The van der Waals surface area contributed by atoms with Gasteiger partial charge in [-0.1, -0.05) is 18.2 Å². The lowest BCUT2D eigenvalue weighted by molar-refractivity contribution is -0.579. The van der Waals surface area contributed by atoms with Crippen molar-refractivity contribution in [3.8, 4) is 0 Å². The highest BCUT2D eigenvalue weighted by Gasteiger charge is 2.36. The first kappa shape index (κ1) is 21.0. The van der Waals surface area contributed by atoms with Gasteiger partial charge in [-0.05, 0) is 19.1 Å². The fraction of sp³-hybridized carbons (Fsp3) is 0.238. The van der Waals surface area contributed by atoms with Gasteiger partial charge >= 0.3 is 0 Å². The van der Waals surface area contributed by atoms with E-state index < -0.39 is 28.3 Å². The molecule has 1 saturated heterocycles. The maximum absolute atomic E-state index is 13.0. The van der Waals surface area contributed by atoms with Crippen LogP contribution in [-0.4, -0.2) is 63.0 Å². The molecule has 0 bridgehead atoms. The number of ketones is 1. The summed E-state index contributed by atoms with van der Waals surface area (Å²) in [5.41, 5.74) is -0.332. The molecule has 11 heteroatoms. The summed E-state index contributed by atoms with van der Waals surface area (Å²) in [7, 11) is 0. The lowest BCUT2D eigenvalue weighted by Crippen LogP contribution is -2.56. The summed E-state index contributed by atoms with van der Waals surface area (Å²) in [6.07, 6.45) is 2.09. The number of hydrogen-bond acceptors (Lipinski definition) is 6. The first-order valence-corrected chi connectivity index (χ1v) is 9.87. The van der Waals surface area contributed by atoms with Crippen LogP contribution >= 0.6 is 0 Å². The number of nitrogens with one attached hydrogen (secondary N) is 1. The maximum Gasteiger partial charge on any atom is 0.297 e. The van der Waals surface area contributed by atoms with Crippen LogP contribution in [0.25, 0.3) is 11.0 Å². The average molecular weight is 437 g/mol. The molecule has 11 nitrogen and oxygen atoms in total. The SMILES string of the molecule is CC1CN(C(=O)c2ccccc2)CCN1C(=O)C(=O)c1c[nH]c2c1c([N+](=O)[O-])cc[n+]2[O-]. The number of amides is 2. The Labute approximate surface area is 181 Å². The van der Waals surface area contributed by atoms with Crippen molar-refractivity contribution in [2.24, 2.45) is 0 Å². The molecule has 4 rings (SSSR count). The maximum atomic E-state index is 13.0. The molecule has 0 radical (unpaired) electrons. The highest BCUT2D eigenvalue weighted by Crippen LogP contribution is 2.27. The van der Waals surface area contributed by atoms with Gasteiger partial charge in [0.05, 0.1) is 16.6 Å². The Morgan fingerprint density at radius 1 is 1.16 bits per heavy atom. The summed E-state index contributed by atoms with van der Waals surface area (Å²) in [5.74, 6) is -1.97. The van der Waals surface area contributed by atoms with Crippen LogP contribution in [0.15, 0.2) is 48.8 Å². The third kappa shape index (κ3) is 3.53. The molecule has 1 fully saturated rings. The van der Waals surface area contributed by atoms with Crippen molar-refractivity contribution in [1.29, 1.82) is 0 Å². The molecule has 1 aromatic carbocycles. The quantitative estimate of drug-likeness (QED) is 0.163. The van der Waals surface area contributed by atoms with Gasteiger partial charge in [0.2, 0.25) is 0 Å². The van der Waals surface area contributed by atoms with Gasteiger partial charge in [0.25, 0.3) is 28.9 Å². The fourth-order valence-electron chi connectivity index (χ4n) is 3.93. The molecule has 2 amide bonds. The number of nitrogens with zero attached hydrogens (tertiary/aromatic N) is 4. The van der Waals surface area contributed by atoms with Crippen LogP contribution in [0.4, 0.5) is 5.69 Å². The van der Waals surface area contributed by atoms with Crippen LogP contribution in [0, 0.1) is 15.3 Å². The van der Waals surface area contributed by atoms with E-state index in [1.165, 1.54) is 4.90 Å². The second kappa shape index (κ2) is 8.10. The van der Waals surface area contributed by atoms with Gasteiger partial charge in [-0.25, -0.2) is 9.71 Å². The summed E-state index contributed by atoms with van der Waals surface area (Å²) in [6, 6.07) is 9.30. The second-order valence-electron chi connectivity index (χ2n) is 7.50. The number of carbonyl (C=O) groups excluding carboxylic acids is 3. The second-order valence-corrected chi connectivity index (χ2v) is 7.50. The molecule has 0 saturated carbocycles. The standard InChI is InChI=1S/C21H19N5O6/c1-13-12-23(20(28)14-5-3-2-4-6-14)9-10-24(13)21(29)18(27)15-11-22-19-17(15)16(26(31)32)7-8-25(19)30/h2-8,11,13,22H,9-10,12H2,1H3. The van der Waals surface area contributed by atoms with Crippen molar-refractivity contribution in [3.63, 3.8) is 0 Å². The van der Waals surface area contributed by atoms with Crippen LogP contribution in [0.5, 0.6) is 0 Å². The molecular formula is C21H19N5O6. The molecule has 0 aliphatic carbocycles. The van der Waals surface area contributed by atoms with E-state index in [1.54, 1.807) is 36.1 Å². The summed E-state index contributed by atoms with van der Waals surface area (Å²) in [5, 5.41) is 23.1. The molecule has 32 heavy (non-hydrogen) atoms. The predicted octanol–water partition coefficient (Wildman–Crippen LogP) is 1.27. The number of rotatable bonds is 4. The minimum atomic E-state index is -0.958. The van der Waals surface area contributed by atoms with Gasteiger partial charge in [-0.15, -0.1) is 0 Å². The van der Waals surface area contributed by atoms with Gasteiger partial charge in [0.1, 0.15) is 12.4 Å². The van der Waals surface area contributed by atoms with E-state index in [9.17, 15) is 29.7 Å². The van der Waals surface area contributed by atoms with Crippen LogP contribution < -0.4 is 4.73 Å². The number of carbonyl (C=O) groups is 3. The first-order chi connectivity index (χ1) is 15.3. The number of hydrogen-bond donors (Lipinski definition) is 1. The van der Waals surface area contributed by atoms with E-state index in [-0.39, 0.29) is 42.1 Å². The Morgan fingerprint density at radius 3 is 2.53 bits per heavy atom. The smallest absolute Gasteiger partial charge is 0.297 e. The summed E-state index contributed by atoms with van der Waals surface area (Å²) in [6.45, 7) is 2.34. The number of nitro groups is 1. The average Bonchev–Trinajstić information content (AvgIpc) is 3.24. The van der Waals surface area contributed by atoms with Crippen LogP contribution in [0.3, 0.4) is 0 Å². The minimum absolute atomic E-state index is 0.135. The van der Waals surface area contributed by atoms with Crippen molar-refractivity contribution in [3.05, 3.63) is 75.2 Å². The van der Waals surface area contributed by atoms with Gasteiger partial charge in [-0.3, -0.25) is 24.5 Å². The monoisotopic (exact) mass is 437 g/mol. The number of pyridine rings is 1. The number of H-pyrrole nitrogens is 1. The molecular weight excluding hydrogens is 418 g/mol. The van der Waals surface area contributed by atoms with Crippen molar-refractivity contribution < 1.29 is 24.0 Å². The zero-order valence-corrected chi connectivity index (χ0v) is 17.1. The Bertz CT molecular complexity index is 1240. The largest absolute Gasteiger partial charge is 0.711 e. The molecule has 3 aromatic rings. The van der Waals surface area contributed by atoms with E-state index in [1.807, 2.05) is 6.07 Å². The molecule has 0 spiro atoms. The van der Waals surface area contributed by atoms with Gasteiger partial charge < -0.3 is 15.0 Å². The normalized spacial score (nSPS) is 16.2. The third-order valence-corrected chi connectivity index (χ3v) is 5.54. The summed E-state index contributed by atoms with van der Waals surface area (Å²) < 4.78 is 0.361. The van der Waals surface area contributed by atoms with Crippen molar-refractivity contribution in [1.82, 2.24) is 14.8 Å².